The molecule has 1 aliphatic rings. The summed E-state index contributed by atoms with van der Waals surface area (Å²) in [7, 11) is 0. The molecular formula is C26H31NO5. The number of aliphatic hydroxyl groups excluding tert-OH is 1. The number of carbonyl (C=O) groups is 2. The fourth-order valence-corrected chi connectivity index (χ4v) is 3.89. The van der Waals surface area contributed by atoms with Gasteiger partial charge in [0.15, 0.2) is 0 Å². The maximum absolute atomic E-state index is 12.3. The first kappa shape index (κ1) is 23.5. The molecule has 1 unspecified atom stereocenters. The van der Waals surface area contributed by atoms with E-state index < -0.39 is 12.1 Å². The van der Waals surface area contributed by atoms with Gasteiger partial charge >= 0.3 is 5.97 Å². The number of amides is 1. The Kier molecular flexibility index (Phi) is 8.87. The first-order valence-electron chi connectivity index (χ1n) is 11.2. The molecule has 2 aromatic carbocycles. The minimum Gasteiger partial charge on any atom is -0.481 e. The normalized spacial score (nSPS) is 17.1. The average Bonchev–Trinajstić information content (AvgIpc) is 3.14. The van der Waals surface area contributed by atoms with E-state index in [-0.39, 0.29) is 18.4 Å². The van der Waals surface area contributed by atoms with E-state index in [1.54, 1.807) is 6.08 Å². The zero-order chi connectivity index (χ0) is 22.8. The number of aliphatic hydroxyl groups is 1. The third-order valence-corrected chi connectivity index (χ3v) is 5.61. The summed E-state index contributed by atoms with van der Waals surface area (Å²) in [6, 6.07) is 16.8. The molecule has 0 spiro atoms. The number of benzene rings is 2. The van der Waals surface area contributed by atoms with Gasteiger partial charge in [-0.1, -0.05) is 55.3 Å². The van der Waals surface area contributed by atoms with Crippen LogP contribution in [-0.4, -0.2) is 39.6 Å². The van der Waals surface area contributed by atoms with Crippen molar-refractivity contribution in [3.8, 4) is 11.5 Å². The van der Waals surface area contributed by atoms with Crippen LogP contribution in [0.1, 0.15) is 56.6 Å². The summed E-state index contributed by atoms with van der Waals surface area (Å²) in [5.41, 5.74) is 0.726. The summed E-state index contributed by atoms with van der Waals surface area (Å²) in [6.45, 7) is 0.664. The van der Waals surface area contributed by atoms with Gasteiger partial charge in [0.05, 0.1) is 12.1 Å². The number of para-hydroxylation sites is 1. The molecule has 1 fully saturated rings. The Bertz CT molecular complexity index is 911. The van der Waals surface area contributed by atoms with E-state index in [1.807, 2.05) is 65.6 Å². The van der Waals surface area contributed by atoms with E-state index in [9.17, 15) is 14.7 Å². The lowest BCUT2D eigenvalue weighted by atomic mass is 10.1. The Morgan fingerprint density at radius 1 is 1.06 bits per heavy atom. The summed E-state index contributed by atoms with van der Waals surface area (Å²) >= 11 is 0. The number of aliphatic carboxylic acids is 1. The molecule has 3 rings (SSSR count). The van der Waals surface area contributed by atoms with E-state index in [0.717, 1.165) is 37.0 Å². The molecule has 1 saturated heterocycles. The van der Waals surface area contributed by atoms with Crippen molar-refractivity contribution in [3.63, 3.8) is 0 Å². The molecule has 2 N–H and O–H groups in total. The van der Waals surface area contributed by atoms with Gasteiger partial charge in [0.1, 0.15) is 11.5 Å². The van der Waals surface area contributed by atoms with Crippen LogP contribution in [0.15, 0.2) is 66.7 Å². The van der Waals surface area contributed by atoms with Crippen molar-refractivity contribution in [2.45, 2.75) is 57.1 Å². The van der Waals surface area contributed by atoms with Gasteiger partial charge in [-0.15, -0.1) is 0 Å². The highest BCUT2D eigenvalue weighted by atomic mass is 16.5. The largest absolute Gasteiger partial charge is 0.481 e. The second-order valence-corrected chi connectivity index (χ2v) is 8.07. The van der Waals surface area contributed by atoms with Crippen LogP contribution in [-0.2, 0) is 9.59 Å². The molecule has 0 bridgehead atoms. The van der Waals surface area contributed by atoms with Gasteiger partial charge in [-0.3, -0.25) is 9.59 Å². The van der Waals surface area contributed by atoms with Crippen molar-refractivity contribution in [1.82, 2.24) is 4.90 Å². The topological polar surface area (TPSA) is 87.1 Å². The van der Waals surface area contributed by atoms with Gasteiger partial charge in [-0.05, 0) is 49.1 Å². The number of likely N-dealkylation sites (tertiary alicyclic amines) is 1. The minimum atomic E-state index is -0.789. The number of unbranched alkanes of at least 4 members (excludes halogenated alkanes) is 3. The number of ether oxygens (including phenoxy) is 1. The summed E-state index contributed by atoms with van der Waals surface area (Å²) in [4.78, 5) is 24.7. The van der Waals surface area contributed by atoms with Crippen LogP contribution >= 0.6 is 0 Å². The van der Waals surface area contributed by atoms with Crippen molar-refractivity contribution < 1.29 is 24.5 Å². The number of rotatable bonds is 12. The number of carboxylic acids is 1. The monoisotopic (exact) mass is 437 g/mol. The van der Waals surface area contributed by atoms with Crippen LogP contribution in [0.3, 0.4) is 0 Å². The molecule has 32 heavy (non-hydrogen) atoms. The fraction of sp³-hybridized carbons (Fsp3) is 0.385. The van der Waals surface area contributed by atoms with E-state index in [0.29, 0.717) is 25.1 Å². The van der Waals surface area contributed by atoms with E-state index in [4.69, 9.17) is 9.84 Å². The molecule has 0 aliphatic carbocycles. The van der Waals surface area contributed by atoms with Crippen molar-refractivity contribution in [2.24, 2.45) is 0 Å². The summed E-state index contributed by atoms with van der Waals surface area (Å²) < 4.78 is 5.84. The number of carboxylic acid groups (broad SMARTS) is 1. The van der Waals surface area contributed by atoms with E-state index >= 15 is 0 Å². The Morgan fingerprint density at radius 3 is 2.59 bits per heavy atom. The maximum atomic E-state index is 12.3. The molecule has 2 atom stereocenters. The van der Waals surface area contributed by atoms with Crippen molar-refractivity contribution in [1.29, 1.82) is 0 Å². The van der Waals surface area contributed by atoms with Crippen LogP contribution in [0, 0.1) is 0 Å². The zero-order valence-corrected chi connectivity index (χ0v) is 18.2. The molecule has 6 heteroatoms. The molecule has 2 aromatic rings. The summed E-state index contributed by atoms with van der Waals surface area (Å²) in [5.74, 6) is 0.762. The second-order valence-electron chi connectivity index (χ2n) is 8.07. The van der Waals surface area contributed by atoms with Gasteiger partial charge < -0.3 is 19.8 Å². The van der Waals surface area contributed by atoms with Gasteiger partial charge in [-0.2, -0.15) is 0 Å². The average molecular weight is 438 g/mol. The second kappa shape index (κ2) is 12.1. The first-order valence-corrected chi connectivity index (χ1v) is 11.2. The lowest BCUT2D eigenvalue weighted by Gasteiger charge is -2.22. The van der Waals surface area contributed by atoms with E-state index in [1.165, 1.54) is 0 Å². The van der Waals surface area contributed by atoms with Crippen molar-refractivity contribution in [2.75, 3.05) is 6.54 Å². The van der Waals surface area contributed by atoms with Gasteiger partial charge in [-0.25, -0.2) is 0 Å². The highest BCUT2D eigenvalue weighted by Gasteiger charge is 2.28. The van der Waals surface area contributed by atoms with Crippen LogP contribution in [0.25, 0.3) is 0 Å². The Hall–Kier alpha value is -3.12. The highest BCUT2D eigenvalue weighted by molar-refractivity contribution is 5.79. The molecule has 170 valence electrons. The van der Waals surface area contributed by atoms with Crippen molar-refractivity contribution in [3.05, 3.63) is 72.3 Å². The molecule has 6 nitrogen and oxygen atoms in total. The SMILES string of the molecule is O=C(O)CCCCCCN1C(=O)CC[C@@H]1/C=C/C(O)c1cccc(Oc2ccccc2)c1. The summed E-state index contributed by atoms with van der Waals surface area (Å²) in [5, 5.41) is 19.3. The Balaban J connectivity index is 1.52. The van der Waals surface area contributed by atoms with Crippen LogP contribution in [0.5, 0.6) is 11.5 Å². The predicted molar refractivity (Wildman–Crippen MR) is 123 cm³/mol. The van der Waals surface area contributed by atoms with Crippen LogP contribution < -0.4 is 4.74 Å². The minimum absolute atomic E-state index is 0.0140. The maximum Gasteiger partial charge on any atom is 0.303 e. The highest BCUT2D eigenvalue weighted by Crippen LogP contribution is 2.26. The van der Waals surface area contributed by atoms with Gasteiger partial charge in [0, 0.05) is 19.4 Å². The van der Waals surface area contributed by atoms with Crippen LogP contribution in [0.2, 0.25) is 0 Å². The Labute approximate surface area is 189 Å². The molecule has 0 aromatic heterocycles. The summed E-state index contributed by atoms with van der Waals surface area (Å²) in [6.07, 6.45) is 7.63. The van der Waals surface area contributed by atoms with Crippen molar-refractivity contribution >= 4 is 11.9 Å². The standard InChI is InChI=1S/C26H31NO5/c28-24(20-9-8-12-23(19-20)32-22-10-4-3-5-11-22)16-14-21-15-17-25(29)27(21)18-7-2-1-6-13-26(30)31/h3-5,8-12,14,16,19,21,24,28H,1-2,6-7,13,15,17-18H2,(H,30,31)/b16-14+/t21-,24?/m0/s1. The van der Waals surface area contributed by atoms with E-state index in [2.05, 4.69) is 0 Å². The van der Waals surface area contributed by atoms with Gasteiger partial charge in [0.25, 0.3) is 0 Å². The first-order chi connectivity index (χ1) is 15.5. The quantitative estimate of drug-likeness (QED) is 0.357. The number of carbonyl (C=O) groups excluding carboxylic acids is 1. The zero-order valence-electron chi connectivity index (χ0n) is 18.2. The molecule has 1 heterocycles. The number of hydrogen-bond acceptors (Lipinski definition) is 4. The molecule has 0 saturated carbocycles. The number of hydrogen-bond donors (Lipinski definition) is 2. The third-order valence-electron chi connectivity index (χ3n) is 5.61. The number of nitrogens with zero attached hydrogens (tertiary/aromatic N) is 1. The predicted octanol–water partition coefficient (Wildman–Crippen LogP) is 5.09. The van der Waals surface area contributed by atoms with Crippen LogP contribution in [0.4, 0.5) is 0 Å². The molecule has 1 aliphatic heterocycles. The molecular weight excluding hydrogens is 406 g/mol. The smallest absolute Gasteiger partial charge is 0.303 e. The van der Waals surface area contributed by atoms with Gasteiger partial charge in [0.2, 0.25) is 5.91 Å². The molecule has 1 amide bonds. The lowest BCUT2D eigenvalue weighted by molar-refractivity contribution is -0.137. The molecule has 0 radical (unpaired) electrons. The fourth-order valence-electron chi connectivity index (χ4n) is 3.89. The Morgan fingerprint density at radius 2 is 1.81 bits per heavy atom. The third kappa shape index (κ3) is 7.24. The lowest BCUT2D eigenvalue weighted by Crippen LogP contribution is -2.32.